The second-order valence-electron chi connectivity index (χ2n) is 7.18. The van der Waals surface area contributed by atoms with Gasteiger partial charge < -0.3 is 9.64 Å². The molecule has 4 rings (SSSR count). The van der Waals surface area contributed by atoms with Gasteiger partial charge in [-0.05, 0) is 26.0 Å². The lowest BCUT2D eigenvalue weighted by Crippen LogP contribution is -2.46. The van der Waals surface area contributed by atoms with Crippen LogP contribution >= 0.6 is 0 Å². The number of H-pyrrole nitrogens is 1. The first-order valence-corrected chi connectivity index (χ1v) is 9.19. The average molecular weight is 404 g/mol. The van der Waals surface area contributed by atoms with E-state index in [1.54, 1.807) is 0 Å². The molecular formula is C20H19F3N4O2. The van der Waals surface area contributed by atoms with Crippen LogP contribution in [0.3, 0.4) is 0 Å². The molecule has 1 saturated heterocycles. The molecule has 0 radical (unpaired) electrons. The zero-order valence-electron chi connectivity index (χ0n) is 15.8. The second kappa shape index (κ2) is 7.14. The van der Waals surface area contributed by atoms with E-state index in [0.717, 1.165) is 6.07 Å². The Hall–Kier alpha value is -2.94. The number of fused-ring (bicyclic) bond motifs is 1. The van der Waals surface area contributed by atoms with Crippen LogP contribution in [0, 0.1) is 0 Å². The first-order valence-electron chi connectivity index (χ1n) is 9.19. The Morgan fingerprint density at radius 2 is 1.86 bits per heavy atom. The van der Waals surface area contributed by atoms with Crippen molar-refractivity contribution >= 4 is 16.9 Å². The summed E-state index contributed by atoms with van der Waals surface area (Å²) in [5, 5.41) is 0.219. The SMILES string of the molecule is CC1CN(c2nc3cc(-c4ccccc4C(F)(F)F)ncc3c(=O)[nH]2)CC(C)O1. The zero-order valence-corrected chi connectivity index (χ0v) is 15.8. The van der Waals surface area contributed by atoms with Crippen LogP contribution in [0.4, 0.5) is 19.1 Å². The Balaban J connectivity index is 1.82. The van der Waals surface area contributed by atoms with Gasteiger partial charge in [-0.25, -0.2) is 4.98 Å². The third-order valence-corrected chi connectivity index (χ3v) is 4.81. The van der Waals surface area contributed by atoms with Gasteiger partial charge in [0.25, 0.3) is 5.56 Å². The lowest BCUT2D eigenvalue weighted by Gasteiger charge is -2.35. The molecule has 9 heteroatoms. The number of anilines is 1. The summed E-state index contributed by atoms with van der Waals surface area (Å²) in [7, 11) is 0. The molecule has 152 valence electrons. The number of nitrogens with one attached hydrogen (secondary N) is 1. The van der Waals surface area contributed by atoms with E-state index in [0.29, 0.717) is 19.0 Å². The number of hydrogen-bond donors (Lipinski definition) is 1. The number of morpholine rings is 1. The van der Waals surface area contributed by atoms with E-state index in [4.69, 9.17) is 4.74 Å². The minimum absolute atomic E-state index is 0.0357. The number of hydrogen-bond acceptors (Lipinski definition) is 5. The van der Waals surface area contributed by atoms with Crippen molar-refractivity contribution in [1.82, 2.24) is 15.0 Å². The summed E-state index contributed by atoms with van der Waals surface area (Å²) in [5.41, 5.74) is -0.831. The highest BCUT2D eigenvalue weighted by molar-refractivity contribution is 5.82. The van der Waals surface area contributed by atoms with Gasteiger partial charge in [-0.2, -0.15) is 13.2 Å². The van der Waals surface area contributed by atoms with Crippen molar-refractivity contribution in [3.05, 3.63) is 52.4 Å². The van der Waals surface area contributed by atoms with Crippen LogP contribution in [0.15, 0.2) is 41.3 Å². The number of alkyl halides is 3. The van der Waals surface area contributed by atoms with Gasteiger partial charge in [0.05, 0.1) is 34.4 Å². The molecule has 3 aromatic rings. The van der Waals surface area contributed by atoms with Crippen LogP contribution in [0.5, 0.6) is 0 Å². The fourth-order valence-corrected chi connectivity index (χ4v) is 3.62. The van der Waals surface area contributed by atoms with Crippen molar-refractivity contribution in [2.75, 3.05) is 18.0 Å². The van der Waals surface area contributed by atoms with Gasteiger partial charge in [0.2, 0.25) is 5.95 Å². The standard InChI is InChI=1S/C20H19F3N4O2/c1-11-9-27(10-12(2)29-11)19-25-17-7-16(24-8-14(17)18(28)26-19)13-5-3-4-6-15(13)20(21,22)23/h3-8,11-12H,9-10H2,1-2H3,(H,25,26,28). The normalized spacial score (nSPS) is 20.2. The maximum Gasteiger partial charge on any atom is 0.417 e. The van der Waals surface area contributed by atoms with E-state index in [9.17, 15) is 18.0 Å². The molecule has 1 fully saturated rings. The van der Waals surface area contributed by atoms with E-state index >= 15 is 0 Å². The molecule has 3 heterocycles. The van der Waals surface area contributed by atoms with Gasteiger partial charge in [-0.15, -0.1) is 0 Å². The number of nitrogens with zero attached hydrogens (tertiary/aromatic N) is 3. The molecule has 1 aliphatic heterocycles. The quantitative estimate of drug-likeness (QED) is 0.707. The molecule has 0 spiro atoms. The molecule has 1 aliphatic rings. The van der Waals surface area contributed by atoms with Crippen molar-refractivity contribution in [2.45, 2.75) is 32.2 Å². The average Bonchev–Trinajstić information content (AvgIpc) is 2.66. The molecule has 0 amide bonds. The number of aromatic nitrogens is 3. The molecular weight excluding hydrogens is 385 g/mol. The van der Waals surface area contributed by atoms with E-state index in [-0.39, 0.29) is 39.9 Å². The van der Waals surface area contributed by atoms with E-state index in [1.807, 2.05) is 18.7 Å². The van der Waals surface area contributed by atoms with E-state index in [2.05, 4.69) is 15.0 Å². The fourth-order valence-electron chi connectivity index (χ4n) is 3.62. The summed E-state index contributed by atoms with van der Waals surface area (Å²) < 4.78 is 45.8. The van der Waals surface area contributed by atoms with E-state index < -0.39 is 11.7 Å². The summed E-state index contributed by atoms with van der Waals surface area (Å²) in [4.78, 5) is 25.7. The molecule has 2 unspecified atom stereocenters. The topological polar surface area (TPSA) is 71.1 Å². The summed E-state index contributed by atoms with van der Waals surface area (Å²) in [5.74, 6) is 0.366. The van der Waals surface area contributed by atoms with Crippen molar-refractivity contribution in [1.29, 1.82) is 0 Å². The van der Waals surface area contributed by atoms with Crippen molar-refractivity contribution in [3.63, 3.8) is 0 Å². The Morgan fingerprint density at radius 1 is 1.17 bits per heavy atom. The van der Waals surface area contributed by atoms with Gasteiger partial charge in [0, 0.05) is 24.8 Å². The number of pyridine rings is 1. The monoisotopic (exact) mass is 404 g/mol. The number of ether oxygens (including phenoxy) is 1. The molecule has 1 N–H and O–H groups in total. The Kier molecular flexibility index (Phi) is 4.77. The minimum Gasteiger partial charge on any atom is -0.372 e. The lowest BCUT2D eigenvalue weighted by atomic mass is 10.0. The highest BCUT2D eigenvalue weighted by atomic mass is 19.4. The zero-order chi connectivity index (χ0) is 20.8. The van der Waals surface area contributed by atoms with Crippen LogP contribution in [0.2, 0.25) is 0 Å². The largest absolute Gasteiger partial charge is 0.417 e. The third kappa shape index (κ3) is 3.82. The van der Waals surface area contributed by atoms with Crippen LogP contribution < -0.4 is 10.5 Å². The van der Waals surface area contributed by atoms with Gasteiger partial charge in [0.1, 0.15) is 0 Å². The molecule has 0 saturated carbocycles. The summed E-state index contributed by atoms with van der Waals surface area (Å²) in [6.45, 7) is 4.96. The highest BCUT2D eigenvalue weighted by Crippen LogP contribution is 2.36. The first kappa shape index (κ1) is 19.4. The molecule has 2 atom stereocenters. The maximum absolute atomic E-state index is 13.4. The van der Waals surface area contributed by atoms with Gasteiger partial charge in [-0.3, -0.25) is 14.8 Å². The second-order valence-corrected chi connectivity index (χ2v) is 7.18. The van der Waals surface area contributed by atoms with Crippen molar-refractivity contribution < 1.29 is 17.9 Å². The van der Waals surface area contributed by atoms with Crippen LogP contribution in [-0.2, 0) is 10.9 Å². The number of benzene rings is 1. The van der Waals surface area contributed by atoms with Gasteiger partial charge in [0.15, 0.2) is 0 Å². The third-order valence-electron chi connectivity index (χ3n) is 4.81. The fraction of sp³-hybridized carbons (Fsp3) is 0.350. The lowest BCUT2D eigenvalue weighted by molar-refractivity contribution is -0.137. The molecule has 0 aliphatic carbocycles. The minimum atomic E-state index is -4.51. The Morgan fingerprint density at radius 3 is 2.55 bits per heavy atom. The predicted molar refractivity (Wildman–Crippen MR) is 103 cm³/mol. The molecule has 6 nitrogen and oxygen atoms in total. The van der Waals surface area contributed by atoms with Gasteiger partial charge in [-0.1, -0.05) is 18.2 Å². The predicted octanol–water partition coefficient (Wildman–Crippen LogP) is 3.62. The van der Waals surface area contributed by atoms with Crippen LogP contribution in [0.1, 0.15) is 19.4 Å². The van der Waals surface area contributed by atoms with Crippen LogP contribution in [0.25, 0.3) is 22.2 Å². The summed E-state index contributed by atoms with van der Waals surface area (Å²) >= 11 is 0. The Bertz CT molecular complexity index is 1100. The summed E-state index contributed by atoms with van der Waals surface area (Å²) in [6, 6.07) is 6.63. The molecule has 2 aromatic heterocycles. The van der Waals surface area contributed by atoms with Crippen molar-refractivity contribution in [2.24, 2.45) is 0 Å². The first-order chi connectivity index (χ1) is 13.7. The van der Waals surface area contributed by atoms with Crippen LogP contribution in [-0.4, -0.2) is 40.2 Å². The maximum atomic E-state index is 13.4. The van der Waals surface area contributed by atoms with E-state index in [1.165, 1.54) is 30.5 Å². The molecule has 29 heavy (non-hydrogen) atoms. The number of aromatic amines is 1. The smallest absolute Gasteiger partial charge is 0.372 e. The highest BCUT2D eigenvalue weighted by Gasteiger charge is 2.33. The molecule has 0 bridgehead atoms. The van der Waals surface area contributed by atoms with Gasteiger partial charge >= 0.3 is 6.18 Å². The number of rotatable bonds is 2. The van der Waals surface area contributed by atoms with Crippen molar-refractivity contribution in [3.8, 4) is 11.3 Å². The summed E-state index contributed by atoms with van der Waals surface area (Å²) in [6.07, 6.45) is -3.32. The molecule has 1 aromatic carbocycles. The number of halogens is 3. The Labute approximate surface area is 164 Å².